The van der Waals surface area contributed by atoms with Gasteiger partial charge in [0.2, 0.25) is 6.29 Å². The van der Waals surface area contributed by atoms with Gasteiger partial charge in [-0.2, -0.15) is 4.98 Å². The van der Waals surface area contributed by atoms with E-state index in [9.17, 15) is 4.79 Å². The summed E-state index contributed by atoms with van der Waals surface area (Å²) in [5.74, 6) is 0.712. The van der Waals surface area contributed by atoms with Crippen LogP contribution in [0.5, 0.6) is 0 Å². The minimum atomic E-state index is 0.0732. The maximum absolute atomic E-state index is 10.4. The number of aldehydes is 1. The third-order valence-corrected chi connectivity index (χ3v) is 3.09. The molecule has 1 aromatic rings. The van der Waals surface area contributed by atoms with E-state index in [-0.39, 0.29) is 5.89 Å². The summed E-state index contributed by atoms with van der Waals surface area (Å²) >= 11 is 0. The monoisotopic (exact) mass is 223 g/mol. The predicted molar refractivity (Wildman–Crippen MR) is 58.3 cm³/mol. The standard InChI is InChI=1S/C11H17N3O2/c1-8(2)14-5-3-4-9(14)6-10-12-11(7-15)16-13-10/h7-9H,3-6H2,1-2H3. The van der Waals surface area contributed by atoms with E-state index in [4.69, 9.17) is 4.52 Å². The van der Waals surface area contributed by atoms with Crippen LogP contribution in [0, 0.1) is 0 Å². The third-order valence-electron chi connectivity index (χ3n) is 3.09. The maximum Gasteiger partial charge on any atom is 0.290 e. The lowest BCUT2D eigenvalue weighted by atomic mass is 10.1. The molecule has 1 aromatic heterocycles. The fourth-order valence-electron chi connectivity index (χ4n) is 2.37. The van der Waals surface area contributed by atoms with E-state index < -0.39 is 0 Å². The predicted octanol–water partition coefficient (Wildman–Crippen LogP) is 1.30. The molecule has 5 heteroatoms. The highest BCUT2D eigenvalue weighted by molar-refractivity contribution is 5.66. The van der Waals surface area contributed by atoms with Crippen LogP contribution in [0.4, 0.5) is 0 Å². The van der Waals surface area contributed by atoms with Crippen molar-refractivity contribution in [3.63, 3.8) is 0 Å². The van der Waals surface area contributed by atoms with Gasteiger partial charge in [0.25, 0.3) is 5.89 Å². The summed E-state index contributed by atoms with van der Waals surface area (Å²) in [5, 5.41) is 3.80. The fourth-order valence-corrected chi connectivity index (χ4v) is 2.37. The lowest BCUT2D eigenvalue weighted by Crippen LogP contribution is -2.36. The lowest BCUT2D eigenvalue weighted by molar-refractivity contribution is 0.108. The van der Waals surface area contributed by atoms with Crippen molar-refractivity contribution < 1.29 is 9.32 Å². The normalized spacial score (nSPS) is 21.8. The van der Waals surface area contributed by atoms with Crippen molar-refractivity contribution in [2.24, 2.45) is 0 Å². The van der Waals surface area contributed by atoms with Crippen LogP contribution in [-0.4, -0.2) is 40.0 Å². The van der Waals surface area contributed by atoms with E-state index >= 15 is 0 Å². The number of carbonyl (C=O) groups excluding carboxylic acids is 1. The number of rotatable bonds is 4. The first-order chi connectivity index (χ1) is 7.70. The molecule has 1 unspecified atom stereocenters. The van der Waals surface area contributed by atoms with Gasteiger partial charge in [0, 0.05) is 18.5 Å². The Kier molecular flexibility index (Phi) is 3.33. The molecule has 1 aliphatic rings. The van der Waals surface area contributed by atoms with Crippen LogP contribution in [0.1, 0.15) is 43.2 Å². The van der Waals surface area contributed by atoms with Crippen molar-refractivity contribution in [2.75, 3.05) is 6.54 Å². The van der Waals surface area contributed by atoms with Crippen LogP contribution in [0.2, 0.25) is 0 Å². The summed E-state index contributed by atoms with van der Waals surface area (Å²) in [6.45, 7) is 5.54. The second kappa shape index (κ2) is 4.74. The van der Waals surface area contributed by atoms with Crippen LogP contribution < -0.4 is 0 Å². The maximum atomic E-state index is 10.4. The summed E-state index contributed by atoms with van der Waals surface area (Å²) in [5.41, 5.74) is 0. The zero-order valence-corrected chi connectivity index (χ0v) is 9.72. The zero-order valence-electron chi connectivity index (χ0n) is 9.72. The smallest absolute Gasteiger partial charge is 0.290 e. The molecule has 1 aliphatic heterocycles. The van der Waals surface area contributed by atoms with Crippen molar-refractivity contribution >= 4 is 6.29 Å². The van der Waals surface area contributed by atoms with Gasteiger partial charge in [-0.1, -0.05) is 5.16 Å². The van der Waals surface area contributed by atoms with Gasteiger partial charge in [-0.25, -0.2) is 0 Å². The Labute approximate surface area is 94.8 Å². The molecule has 16 heavy (non-hydrogen) atoms. The minimum Gasteiger partial charge on any atom is -0.331 e. The quantitative estimate of drug-likeness (QED) is 0.720. The van der Waals surface area contributed by atoms with Crippen LogP contribution in [0.3, 0.4) is 0 Å². The molecule has 0 bridgehead atoms. The molecule has 0 radical (unpaired) electrons. The van der Waals surface area contributed by atoms with Crippen molar-refractivity contribution in [2.45, 2.75) is 45.2 Å². The van der Waals surface area contributed by atoms with E-state index in [0.29, 0.717) is 24.2 Å². The van der Waals surface area contributed by atoms with Gasteiger partial charge in [0.15, 0.2) is 5.82 Å². The summed E-state index contributed by atoms with van der Waals surface area (Å²) in [4.78, 5) is 16.9. The van der Waals surface area contributed by atoms with Gasteiger partial charge in [-0.05, 0) is 33.2 Å². The lowest BCUT2D eigenvalue weighted by Gasteiger charge is -2.27. The Morgan fingerprint density at radius 1 is 1.62 bits per heavy atom. The molecule has 1 saturated heterocycles. The highest BCUT2D eigenvalue weighted by atomic mass is 16.5. The molecular formula is C11H17N3O2. The topological polar surface area (TPSA) is 59.2 Å². The zero-order chi connectivity index (χ0) is 11.5. The van der Waals surface area contributed by atoms with E-state index in [1.54, 1.807) is 0 Å². The second-order valence-corrected chi connectivity index (χ2v) is 4.50. The highest BCUT2D eigenvalue weighted by Crippen LogP contribution is 2.22. The van der Waals surface area contributed by atoms with Gasteiger partial charge in [-0.3, -0.25) is 9.69 Å². The molecular weight excluding hydrogens is 206 g/mol. The molecule has 0 N–H and O–H groups in total. The first kappa shape index (κ1) is 11.3. The van der Waals surface area contributed by atoms with Crippen molar-refractivity contribution in [1.29, 1.82) is 0 Å². The average Bonchev–Trinajstić information content (AvgIpc) is 2.87. The third kappa shape index (κ3) is 2.29. The Balaban J connectivity index is 2.00. The number of nitrogens with zero attached hydrogens (tertiary/aromatic N) is 3. The van der Waals surface area contributed by atoms with Gasteiger partial charge in [0.1, 0.15) is 0 Å². The van der Waals surface area contributed by atoms with E-state index in [0.717, 1.165) is 13.0 Å². The van der Waals surface area contributed by atoms with E-state index in [1.807, 2.05) is 0 Å². The Morgan fingerprint density at radius 2 is 2.44 bits per heavy atom. The number of hydrogen-bond acceptors (Lipinski definition) is 5. The molecule has 0 saturated carbocycles. The second-order valence-electron chi connectivity index (χ2n) is 4.50. The summed E-state index contributed by atoms with van der Waals surface area (Å²) < 4.78 is 4.77. The van der Waals surface area contributed by atoms with E-state index in [1.165, 1.54) is 12.8 Å². The van der Waals surface area contributed by atoms with Crippen LogP contribution in [0.15, 0.2) is 4.52 Å². The van der Waals surface area contributed by atoms with E-state index in [2.05, 4.69) is 28.9 Å². The summed E-state index contributed by atoms with van der Waals surface area (Å²) in [6.07, 6.45) is 3.76. The summed E-state index contributed by atoms with van der Waals surface area (Å²) in [7, 11) is 0. The fraction of sp³-hybridized carbons (Fsp3) is 0.727. The van der Waals surface area contributed by atoms with Crippen molar-refractivity contribution in [3.8, 4) is 0 Å². The summed E-state index contributed by atoms with van der Waals surface area (Å²) in [6, 6.07) is 1.03. The minimum absolute atomic E-state index is 0.0732. The molecule has 0 aromatic carbocycles. The molecule has 88 valence electrons. The van der Waals surface area contributed by atoms with Gasteiger partial charge in [-0.15, -0.1) is 0 Å². The van der Waals surface area contributed by atoms with Gasteiger partial charge >= 0.3 is 0 Å². The number of likely N-dealkylation sites (tertiary alicyclic amines) is 1. The van der Waals surface area contributed by atoms with Crippen LogP contribution in [-0.2, 0) is 6.42 Å². The molecule has 2 heterocycles. The number of aromatic nitrogens is 2. The molecule has 1 fully saturated rings. The Bertz CT molecular complexity index is 362. The van der Waals surface area contributed by atoms with Crippen molar-refractivity contribution in [1.82, 2.24) is 15.0 Å². The largest absolute Gasteiger partial charge is 0.331 e. The molecule has 1 atom stereocenters. The average molecular weight is 223 g/mol. The molecule has 2 rings (SSSR count). The molecule has 0 aliphatic carbocycles. The first-order valence-corrected chi connectivity index (χ1v) is 5.74. The number of hydrogen-bond donors (Lipinski definition) is 0. The Hall–Kier alpha value is -1.23. The first-order valence-electron chi connectivity index (χ1n) is 5.74. The molecule has 0 amide bonds. The van der Waals surface area contributed by atoms with Crippen LogP contribution >= 0.6 is 0 Å². The van der Waals surface area contributed by atoms with Gasteiger partial charge in [0.05, 0.1) is 0 Å². The van der Waals surface area contributed by atoms with Gasteiger partial charge < -0.3 is 4.52 Å². The SMILES string of the molecule is CC(C)N1CCCC1Cc1noc(C=O)n1. The number of carbonyl (C=O) groups is 1. The Morgan fingerprint density at radius 3 is 3.06 bits per heavy atom. The highest BCUT2D eigenvalue weighted by Gasteiger charge is 2.27. The van der Waals surface area contributed by atoms with Crippen LogP contribution in [0.25, 0.3) is 0 Å². The molecule has 0 spiro atoms. The molecule has 5 nitrogen and oxygen atoms in total. The van der Waals surface area contributed by atoms with Crippen molar-refractivity contribution in [3.05, 3.63) is 11.7 Å².